The fraction of sp³-hybridized carbons (Fsp3) is 0. The highest BCUT2D eigenvalue weighted by atomic mass is 16.5. The van der Waals surface area contributed by atoms with E-state index in [2.05, 4.69) is 36.9 Å². The number of hydrogen-bond donors (Lipinski definition) is 0. The molecule has 0 aliphatic carbocycles. The first-order valence-electron chi connectivity index (χ1n) is 7.36. The van der Waals surface area contributed by atoms with Crippen molar-refractivity contribution in [3.63, 3.8) is 0 Å². The zero-order valence-corrected chi connectivity index (χ0v) is 12.6. The van der Waals surface area contributed by atoms with Crippen molar-refractivity contribution in [1.82, 2.24) is 0 Å². The minimum atomic E-state index is -0.455. The lowest BCUT2D eigenvalue weighted by Crippen LogP contribution is -2.02. The van der Waals surface area contributed by atoms with Crippen molar-refractivity contribution in [2.75, 3.05) is 0 Å². The number of rotatable bonds is 4. The van der Waals surface area contributed by atoms with Gasteiger partial charge in [-0.1, -0.05) is 67.2 Å². The Kier molecular flexibility index (Phi) is 4.34. The van der Waals surface area contributed by atoms with Crippen LogP contribution in [0.2, 0.25) is 0 Å². The lowest BCUT2D eigenvalue weighted by atomic mass is 9.99. The van der Waals surface area contributed by atoms with E-state index >= 15 is 0 Å². The summed E-state index contributed by atoms with van der Waals surface area (Å²) in [5, 5.41) is 0. The molecule has 23 heavy (non-hydrogen) atoms. The Labute approximate surface area is 135 Å². The molecule has 3 rings (SSSR count). The molecule has 0 heterocycles. The maximum atomic E-state index is 11.2. The molecule has 0 aromatic heterocycles. The quantitative estimate of drug-likeness (QED) is 0.380. The monoisotopic (exact) mass is 300 g/mol. The standard InChI is InChI=1S/C21H16O2/c1-2-21(22)23-20-13-11-17(12-14-20)19-10-6-9-18(15-19)16-7-4-3-5-8-16/h2-15H,1H2. The first-order valence-corrected chi connectivity index (χ1v) is 7.36. The Morgan fingerprint density at radius 2 is 1.30 bits per heavy atom. The van der Waals surface area contributed by atoms with E-state index in [0.717, 1.165) is 17.2 Å². The molecular formula is C21H16O2. The molecule has 0 saturated carbocycles. The summed E-state index contributed by atoms with van der Waals surface area (Å²) >= 11 is 0. The maximum Gasteiger partial charge on any atom is 0.335 e. The summed E-state index contributed by atoms with van der Waals surface area (Å²) in [7, 11) is 0. The first-order chi connectivity index (χ1) is 11.3. The van der Waals surface area contributed by atoms with E-state index in [9.17, 15) is 4.79 Å². The van der Waals surface area contributed by atoms with Crippen molar-refractivity contribution < 1.29 is 9.53 Å². The molecule has 2 nitrogen and oxygen atoms in total. The average molecular weight is 300 g/mol. The Bertz CT molecular complexity index is 818. The van der Waals surface area contributed by atoms with E-state index in [-0.39, 0.29) is 0 Å². The van der Waals surface area contributed by atoms with Gasteiger partial charge < -0.3 is 4.74 Å². The molecule has 0 fully saturated rings. The normalized spacial score (nSPS) is 10.1. The van der Waals surface area contributed by atoms with E-state index in [1.807, 2.05) is 36.4 Å². The summed E-state index contributed by atoms with van der Waals surface area (Å²) in [5.41, 5.74) is 4.55. The molecule has 3 aromatic carbocycles. The van der Waals surface area contributed by atoms with Crippen molar-refractivity contribution in [2.45, 2.75) is 0 Å². The molecule has 0 aliphatic rings. The molecule has 0 amide bonds. The van der Waals surface area contributed by atoms with Crippen molar-refractivity contribution in [1.29, 1.82) is 0 Å². The smallest absolute Gasteiger partial charge is 0.335 e. The van der Waals surface area contributed by atoms with Gasteiger partial charge in [0.1, 0.15) is 5.75 Å². The second-order valence-electron chi connectivity index (χ2n) is 5.10. The molecule has 0 aliphatic heterocycles. The third-order valence-electron chi connectivity index (χ3n) is 3.54. The fourth-order valence-corrected chi connectivity index (χ4v) is 2.38. The number of esters is 1. The van der Waals surface area contributed by atoms with Crippen LogP contribution in [0, 0.1) is 0 Å². The summed E-state index contributed by atoms with van der Waals surface area (Å²) in [6.45, 7) is 3.39. The number of ether oxygens (including phenoxy) is 1. The molecule has 2 heteroatoms. The van der Waals surface area contributed by atoms with Crippen LogP contribution in [0.1, 0.15) is 0 Å². The van der Waals surface area contributed by atoms with Gasteiger partial charge in [0.2, 0.25) is 0 Å². The fourth-order valence-electron chi connectivity index (χ4n) is 2.38. The highest BCUT2D eigenvalue weighted by molar-refractivity contribution is 5.83. The molecule has 0 N–H and O–H groups in total. The molecule has 0 saturated heterocycles. The van der Waals surface area contributed by atoms with Gasteiger partial charge in [-0.25, -0.2) is 4.79 Å². The maximum absolute atomic E-state index is 11.2. The van der Waals surface area contributed by atoms with Gasteiger partial charge in [0.25, 0.3) is 0 Å². The summed E-state index contributed by atoms with van der Waals surface area (Å²) in [6, 6.07) is 26.1. The molecular weight excluding hydrogens is 284 g/mol. The van der Waals surface area contributed by atoms with Gasteiger partial charge in [-0.3, -0.25) is 0 Å². The van der Waals surface area contributed by atoms with Crippen LogP contribution in [0.4, 0.5) is 0 Å². The lowest BCUT2D eigenvalue weighted by Gasteiger charge is -2.07. The van der Waals surface area contributed by atoms with Crippen LogP contribution in [-0.4, -0.2) is 5.97 Å². The van der Waals surface area contributed by atoms with Crippen LogP contribution in [0.15, 0.2) is 91.5 Å². The van der Waals surface area contributed by atoms with Gasteiger partial charge in [0.15, 0.2) is 0 Å². The van der Waals surface area contributed by atoms with Crippen molar-refractivity contribution in [2.24, 2.45) is 0 Å². The topological polar surface area (TPSA) is 26.3 Å². The Hall–Kier alpha value is -3.13. The van der Waals surface area contributed by atoms with Gasteiger partial charge >= 0.3 is 5.97 Å². The second-order valence-corrected chi connectivity index (χ2v) is 5.10. The predicted octanol–water partition coefficient (Wildman–Crippen LogP) is 5.11. The Morgan fingerprint density at radius 1 is 0.739 bits per heavy atom. The largest absolute Gasteiger partial charge is 0.423 e. The highest BCUT2D eigenvalue weighted by Crippen LogP contribution is 2.27. The molecule has 0 spiro atoms. The van der Waals surface area contributed by atoms with Gasteiger partial charge in [-0.2, -0.15) is 0 Å². The minimum absolute atomic E-state index is 0.455. The molecule has 0 bridgehead atoms. The van der Waals surface area contributed by atoms with Gasteiger partial charge in [-0.05, 0) is 40.5 Å². The lowest BCUT2D eigenvalue weighted by molar-refractivity contribution is -0.128. The van der Waals surface area contributed by atoms with Crippen molar-refractivity contribution in [3.8, 4) is 28.0 Å². The minimum Gasteiger partial charge on any atom is -0.423 e. The zero-order chi connectivity index (χ0) is 16.1. The zero-order valence-electron chi connectivity index (χ0n) is 12.6. The van der Waals surface area contributed by atoms with E-state index in [0.29, 0.717) is 5.75 Å². The molecule has 3 aromatic rings. The van der Waals surface area contributed by atoms with E-state index in [1.54, 1.807) is 12.1 Å². The Morgan fingerprint density at radius 3 is 1.91 bits per heavy atom. The highest BCUT2D eigenvalue weighted by Gasteiger charge is 2.03. The van der Waals surface area contributed by atoms with Gasteiger partial charge in [0.05, 0.1) is 0 Å². The van der Waals surface area contributed by atoms with Gasteiger partial charge in [0, 0.05) is 6.08 Å². The van der Waals surface area contributed by atoms with Crippen molar-refractivity contribution >= 4 is 5.97 Å². The Balaban J connectivity index is 1.87. The average Bonchev–Trinajstić information content (AvgIpc) is 2.63. The molecule has 0 unspecified atom stereocenters. The van der Waals surface area contributed by atoms with E-state index in [4.69, 9.17) is 4.74 Å². The third-order valence-corrected chi connectivity index (χ3v) is 3.54. The van der Waals surface area contributed by atoms with Crippen LogP contribution in [-0.2, 0) is 4.79 Å². The predicted molar refractivity (Wildman–Crippen MR) is 93.1 cm³/mol. The number of hydrogen-bond acceptors (Lipinski definition) is 2. The SMILES string of the molecule is C=CC(=O)Oc1ccc(-c2cccc(-c3ccccc3)c2)cc1. The van der Waals surface area contributed by atoms with Crippen molar-refractivity contribution in [3.05, 3.63) is 91.5 Å². The van der Waals surface area contributed by atoms with E-state index < -0.39 is 5.97 Å². The van der Waals surface area contributed by atoms with E-state index in [1.165, 1.54) is 11.1 Å². The van der Waals surface area contributed by atoms with Crippen LogP contribution in [0.25, 0.3) is 22.3 Å². The first kappa shape index (κ1) is 14.8. The second kappa shape index (κ2) is 6.75. The number of carbonyl (C=O) groups excluding carboxylic acids is 1. The van der Waals surface area contributed by atoms with Crippen LogP contribution >= 0.6 is 0 Å². The molecule has 0 radical (unpaired) electrons. The molecule has 112 valence electrons. The summed E-state index contributed by atoms with van der Waals surface area (Å²) < 4.78 is 5.09. The third kappa shape index (κ3) is 3.55. The number of benzene rings is 3. The summed E-state index contributed by atoms with van der Waals surface area (Å²) in [4.78, 5) is 11.2. The van der Waals surface area contributed by atoms with Crippen LogP contribution in [0.5, 0.6) is 5.75 Å². The summed E-state index contributed by atoms with van der Waals surface area (Å²) in [5.74, 6) is 0.0571. The van der Waals surface area contributed by atoms with Gasteiger partial charge in [-0.15, -0.1) is 0 Å². The molecule has 0 atom stereocenters. The van der Waals surface area contributed by atoms with Crippen LogP contribution in [0.3, 0.4) is 0 Å². The van der Waals surface area contributed by atoms with Crippen LogP contribution < -0.4 is 4.74 Å². The summed E-state index contributed by atoms with van der Waals surface area (Å²) in [6.07, 6.45) is 1.15. The number of carbonyl (C=O) groups is 1.